The lowest BCUT2D eigenvalue weighted by Gasteiger charge is -2.13. The summed E-state index contributed by atoms with van der Waals surface area (Å²) in [6.07, 6.45) is 2.34. The number of amides is 1. The van der Waals surface area contributed by atoms with Crippen molar-refractivity contribution in [3.05, 3.63) is 90.5 Å². The molecule has 0 saturated heterocycles. The van der Waals surface area contributed by atoms with Gasteiger partial charge in [-0.25, -0.2) is 0 Å². The summed E-state index contributed by atoms with van der Waals surface area (Å²) in [5.41, 5.74) is 2.18. The molecule has 0 aliphatic heterocycles. The first-order valence-corrected chi connectivity index (χ1v) is 9.68. The van der Waals surface area contributed by atoms with E-state index in [4.69, 9.17) is 4.74 Å². The van der Waals surface area contributed by atoms with E-state index < -0.39 is 0 Å². The SMILES string of the molecule is O=C(CCNc1ccccc1Oc1ccccc1)NCCCc1ccccc1. The van der Waals surface area contributed by atoms with Gasteiger partial charge in [0.25, 0.3) is 0 Å². The highest BCUT2D eigenvalue weighted by Crippen LogP contribution is 2.28. The van der Waals surface area contributed by atoms with Gasteiger partial charge in [-0.3, -0.25) is 4.79 Å². The molecule has 3 aromatic rings. The molecule has 2 N–H and O–H groups in total. The van der Waals surface area contributed by atoms with Crippen molar-refractivity contribution < 1.29 is 9.53 Å². The maximum atomic E-state index is 12.0. The van der Waals surface area contributed by atoms with Gasteiger partial charge in [0.2, 0.25) is 5.91 Å². The van der Waals surface area contributed by atoms with Crippen LogP contribution in [0.25, 0.3) is 0 Å². The summed E-state index contributed by atoms with van der Waals surface area (Å²) in [7, 11) is 0. The van der Waals surface area contributed by atoms with Gasteiger partial charge in [-0.05, 0) is 42.7 Å². The van der Waals surface area contributed by atoms with Crippen LogP contribution in [0.5, 0.6) is 11.5 Å². The topological polar surface area (TPSA) is 50.4 Å². The molecule has 3 rings (SSSR count). The zero-order chi connectivity index (χ0) is 19.4. The van der Waals surface area contributed by atoms with Crippen LogP contribution >= 0.6 is 0 Å². The molecular formula is C24H26N2O2. The average Bonchev–Trinajstić information content (AvgIpc) is 2.74. The van der Waals surface area contributed by atoms with Crippen molar-refractivity contribution in [2.75, 3.05) is 18.4 Å². The fourth-order valence-electron chi connectivity index (χ4n) is 2.88. The largest absolute Gasteiger partial charge is 0.455 e. The second-order valence-corrected chi connectivity index (χ2v) is 6.53. The first kappa shape index (κ1) is 19.5. The van der Waals surface area contributed by atoms with E-state index in [1.165, 1.54) is 5.56 Å². The summed E-state index contributed by atoms with van der Waals surface area (Å²) in [6, 6.07) is 27.7. The van der Waals surface area contributed by atoms with Crippen LogP contribution in [-0.4, -0.2) is 19.0 Å². The third-order valence-electron chi connectivity index (χ3n) is 4.33. The van der Waals surface area contributed by atoms with Gasteiger partial charge in [0.1, 0.15) is 5.75 Å². The number of rotatable bonds is 10. The van der Waals surface area contributed by atoms with Crippen LogP contribution in [0.2, 0.25) is 0 Å². The molecule has 4 heteroatoms. The third kappa shape index (κ3) is 6.47. The number of benzene rings is 3. The van der Waals surface area contributed by atoms with Gasteiger partial charge in [-0.1, -0.05) is 60.7 Å². The predicted octanol–water partition coefficient (Wildman–Crippen LogP) is 5.03. The molecule has 0 aromatic heterocycles. The molecule has 144 valence electrons. The molecule has 0 atom stereocenters. The van der Waals surface area contributed by atoms with Gasteiger partial charge < -0.3 is 15.4 Å². The van der Waals surface area contributed by atoms with Gasteiger partial charge in [-0.2, -0.15) is 0 Å². The highest BCUT2D eigenvalue weighted by Gasteiger charge is 2.05. The predicted molar refractivity (Wildman–Crippen MR) is 114 cm³/mol. The van der Waals surface area contributed by atoms with E-state index in [-0.39, 0.29) is 5.91 Å². The van der Waals surface area contributed by atoms with Crippen LogP contribution in [0.4, 0.5) is 5.69 Å². The highest BCUT2D eigenvalue weighted by molar-refractivity contribution is 5.76. The Hall–Kier alpha value is -3.27. The summed E-state index contributed by atoms with van der Waals surface area (Å²) in [6.45, 7) is 1.25. The van der Waals surface area contributed by atoms with Crippen molar-refractivity contribution in [3.63, 3.8) is 0 Å². The summed E-state index contributed by atoms with van der Waals surface area (Å²) in [4.78, 5) is 12.0. The van der Waals surface area contributed by atoms with E-state index in [1.807, 2.05) is 72.8 Å². The third-order valence-corrected chi connectivity index (χ3v) is 4.33. The molecule has 3 aromatic carbocycles. The molecule has 0 unspecified atom stereocenters. The lowest BCUT2D eigenvalue weighted by atomic mass is 10.1. The fraction of sp³-hybridized carbons (Fsp3) is 0.208. The Bertz CT molecular complexity index is 851. The molecule has 0 saturated carbocycles. The number of hydrogen-bond donors (Lipinski definition) is 2. The lowest BCUT2D eigenvalue weighted by molar-refractivity contribution is -0.120. The van der Waals surface area contributed by atoms with Crippen LogP contribution < -0.4 is 15.4 Å². The highest BCUT2D eigenvalue weighted by atomic mass is 16.5. The molecular weight excluding hydrogens is 348 g/mol. The van der Waals surface area contributed by atoms with Crippen molar-refractivity contribution in [1.82, 2.24) is 5.32 Å². The average molecular weight is 374 g/mol. The van der Waals surface area contributed by atoms with Gasteiger partial charge in [0.15, 0.2) is 5.75 Å². The molecule has 1 amide bonds. The normalized spacial score (nSPS) is 10.3. The van der Waals surface area contributed by atoms with Gasteiger partial charge in [-0.15, -0.1) is 0 Å². The molecule has 0 bridgehead atoms. The molecule has 28 heavy (non-hydrogen) atoms. The first-order chi connectivity index (χ1) is 13.8. The fourth-order valence-corrected chi connectivity index (χ4v) is 2.88. The quantitative estimate of drug-likeness (QED) is 0.489. The minimum atomic E-state index is 0.0574. The number of hydrogen-bond acceptors (Lipinski definition) is 3. The number of para-hydroxylation sites is 3. The van der Waals surface area contributed by atoms with E-state index in [0.29, 0.717) is 19.5 Å². The molecule has 0 aliphatic rings. The minimum Gasteiger partial charge on any atom is -0.455 e. The molecule has 0 spiro atoms. The molecule has 0 radical (unpaired) electrons. The lowest BCUT2D eigenvalue weighted by Crippen LogP contribution is -2.26. The maximum absolute atomic E-state index is 12.0. The zero-order valence-electron chi connectivity index (χ0n) is 15.9. The van der Waals surface area contributed by atoms with E-state index >= 15 is 0 Å². The Morgan fingerprint density at radius 1 is 0.786 bits per heavy atom. The Balaban J connectivity index is 1.38. The van der Waals surface area contributed by atoms with Crippen molar-refractivity contribution >= 4 is 11.6 Å². The summed E-state index contributed by atoms with van der Waals surface area (Å²) in [5.74, 6) is 1.59. The second-order valence-electron chi connectivity index (χ2n) is 6.53. The number of anilines is 1. The molecule has 0 aliphatic carbocycles. The second kappa shape index (κ2) is 10.8. The van der Waals surface area contributed by atoms with Crippen LogP contribution in [0.1, 0.15) is 18.4 Å². The van der Waals surface area contributed by atoms with Crippen LogP contribution in [0.15, 0.2) is 84.9 Å². The zero-order valence-corrected chi connectivity index (χ0v) is 15.9. The summed E-state index contributed by atoms with van der Waals surface area (Å²) < 4.78 is 5.93. The molecule has 4 nitrogen and oxygen atoms in total. The van der Waals surface area contributed by atoms with E-state index in [2.05, 4.69) is 22.8 Å². The van der Waals surface area contributed by atoms with Gasteiger partial charge in [0.05, 0.1) is 5.69 Å². The van der Waals surface area contributed by atoms with E-state index in [1.54, 1.807) is 0 Å². The number of ether oxygens (including phenoxy) is 1. The Morgan fingerprint density at radius 3 is 2.25 bits per heavy atom. The molecule has 0 fully saturated rings. The van der Waals surface area contributed by atoms with Crippen molar-refractivity contribution in [2.45, 2.75) is 19.3 Å². The first-order valence-electron chi connectivity index (χ1n) is 9.68. The van der Waals surface area contributed by atoms with E-state index in [9.17, 15) is 4.79 Å². The van der Waals surface area contributed by atoms with Gasteiger partial charge >= 0.3 is 0 Å². The standard InChI is InChI=1S/C24H26N2O2/c27-24(26-18-9-12-20-10-3-1-4-11-20)17-19-25-22-15-7-8-16-23(22)28-21-13-5-2-6-14-21/h1-8,10-11,13-16,25H,9,12,17-19H2,(H,26,27). The summed E-state index contributed by atoms with van der Waals surface area (Å²) in [5, 5.41) is 6.28. The molecule has 0 heterocycles. The Kier molecular flexibility index (Phi) is 7.50. The Labute approximate surface area is 166 Å². The smallest absolute Gasteiger partial charge is 0.221 e. The number of carbonyl (C=O) groups excluding carboxylic acids is 1. The van der Waals surface area contributed by atoms with E-state index in [0.717, 1.165) is 30.0 Å². The van der Waals surface area contributed by atoms with Gasteiger partial charge in [0, 0.05) is 19.5 Å². The minimum absolute atomic E-state index is 0.0574. The van der Waals surface area contributed by atoms with Crippen molar-refractivity contribution in [1.29, 1.82) is 0 Å². The number of carbonyl (C=O) groups is 1. The number of nitrogens with one attached hydrogen (secondary N) is 2. The van der Waals surface area contributed by atoms with Crippen molar-refractivity contribution in [2.24, 2.45) is 0 Å². The Morgan fingerprint density at radius 2 is 1.46 bits per heavy atom. The summed E-state index contributed by atoms with van der Waals surface area (Å²) >= 11 is 0. The van der Waals surface area contributed by atoms with Crippen LogP contribution in [0.3, 0.4) is 0 Å². The monoisotopic (exact) mass is 374 g/mol. The number of aryl methyl sites for hydroxylation is 1. The van der Waals surface area contributed by atoms with Crippen LogP contribution in [-0.2, 0) is 11.2 Å². The van der Waals surface area contributed by atoms with Crippen molar-refractivity contribution in [3.8, 4) is 11.5 Å². The van der Waals surface area contributed by atoms with Crippen LogP contribution in [0, 0.1) is 0 Å². The maximum Gasteiger partial charge on any atom is 0.221 e.